The number of amides is 2. The third-order valence-corrected chi connectivity index (χ3v) is 3.59. The summed E-state index contributed by atoms with van der Waals surface area (Å²) < 4.78 is 5.34. The van der Waals surface area contributed by atoms with E-state index in [2.05, 4.69) is 0 Å². The van der Waals surface area contributed by atoms with Gasteiger partial charge in [-0.05, 0) is 42.5 Å². The van der Waals surface area contributed by atoms with Crippen LogP contribution in [0, 0.1) is 0 Å². The average molecular weight is 293 g/mol. The minimum Gasteiger partial charge on any atom is -0.494 e. The van der Waals surface area contributed by atoms with Gasteiger partial charge in [-0.2, -0.15) is 0 Å². The number of aliphatic hydroxyl groups excluding tert-OH is 1. The summed E-state index contributed by atoms with van der Waals surface area (Å²) in [6, 6.07) is 7.27. The molecule has 0 spiro atoms. The fourth-order valence-electron chi connectivity index (χ4n) is 1.77. The molecular formula is C14H15NO4S. The molecule has 1 N–H and O–H groups in total. The first-order valence-electron chi connectivity index (χ1n) is 6.24. The molecule has 1 saturated heterocycles. The lowest BCUT2D eigenvalue weighted by Crippen LogP contribution is -2.30. The van der Waals surface area contributed by atoms with E-state index in [1.165, 1.54) is 0 Å². The molecule has 1 aliphatic rings. The van der Waals surface area contributed by atoms with Crippen LogP contribution in [0.1, 0.15) is 12.5 Å². The molecule has 1 fully saturated rings. The van der Waals surface area contributed by atoms with Gasteiger partial charge in [0.25, 0.3) is 11.1 Å². The summed E-state index contributed by atoms with van der Waals surface area (Å²) in [5, 5.41) is 8.48. The number of thioether (sulfide) groups is 1. The van der Waals surface area contributed by atoms with Crippen LogP contribution in [0.25, 0.3) is 6.08 Å². The summed E-state index contributed by atoms with van der Waals surface area (Å²) in [5.74, 6) is 0.404. The highest BCUT2D eigenvalue weighted by atomic mass is 32.2. The van der Waals surface area contributed by atoms with Gasteiger partial charge in [0.15, 0.2) is 0 Å². The number of aliphatic hydroxyl groups is 1. The Hall–Kier alpha value is -1.79. The van der Waals surface area contributed by atoms with Crippen molar-refractivity contribution in [3.63, 3.8) is 0 Å². The molecule has 0 unspecified atom stereocenters. The Bertz CT molecular complexity index is 539. The number of carbonyl (C=O) groups is 2. The number of carbonyl (C=O) groups excluding carboxylic acids is 2. The van der Waals surface area contributed by atoms with Crippen molar-refractivity contribution in [1.82, 2.24) is 4.90 Å². The Kier molecular flexibility index (Phi) is 4.81. The van der Waals surface area contributed by atoms with Crippen molar-refractivity contribution in [1.29, 1.82) is 0 Å². The van der Waals surface area contributed by atoms with E-state index >= 15 is 0 Å². The van der Waals surface area contributed by atoms with Gasteiger partial charge in [0.2, 0.25) is 0 Å². The van der Waals surface area contributed by atoms with E-state index in [9.17, 15) is 9.59 Å². The zero-order valence-corrected chi connectivity index (χ0v) is 11.9. The van der Waals surface area contributed by atoms with Crippen molar-refractivity contribution < 1.29 is 19.4 Å². The molecule has 0 radical (unpaired) electrons. The first-order chi connectivity index (χ1) is 9.65. The van der Waals surface area contributed by atoms with Gasteiger partial charge in [0.1, 0.15) is 5.75 Å². The fraction of sp³-hybridized carbons (Fsp3) is 0.286. The number of hydrogen-bond donors (Lipinski definition) is 1. The number of β-amino-alcohol motifs (C(OH)–C–C–N with tert-alkyl or cyclic N) is 1. The average Bonchev–Trinajstić information content (AvgIpc) is 2.69. The molecule has 1 heterocycles. The first kappa shape index (κ1) is 14.6. The molecular weight excluding hydrogens is 278 g/mol. The third-order valence-electron chi connectivity index (χ3n) is 2.69. The van der Waals surface area contributed by atoms with E-state index in [-0.39, 0.29) is 24.3 Å². The number of rotatable bonds is 5. The third kappa shape index (κ3) is 3.20. The van der Waals surface area contributed by atoms with Crippen LogP contribution in [0.2, 0.25) is 0 Å². The van der Waals surface area contributed by atoms with Crippen LogP contribution >= 0.6 is 11.8 Å². The standard InChI is InChI=1S/C14H15NO4S/c1-2-19-11-5-3-10(4-6-11)9-12-13(17)15(7-8-16)14(18)20-12/h3-6,9,16H,2,7-8H2,1H3. The van der Waals surface area contributed by atoms with Gasteiger partial charge < -0.3 is 9.84 Å². The van der Waals surface area contributed by atoms with E-state index in [0.717, 1.165) is 28.0 Å². The SMILES string of the molecule is CCOc1ccc(C=C2SC(=O)N(CCO)C2=O)cc1. The van der Waals surface area contributed by atoms with E-state index in [0.29, 0.717) is 11.5 Å². The Morgan fingerprint density at radius 3 is 2.60 bits per heavy atom. The lowest BCUT2D eigenvalue weighted by Gasteiger charge is -2.09. The van der Waals surface area contributed by atoms with Gasteiger partial charge >= 0.3 is 0 Å². The molecule has 0 saturated carbocycles. The maximum Gasteiger partial charge on any atom is 0.293 e. The molecule has 0 atom stereocenters. The molecule has 0 bridgehead atoms. The summed E-state index contributed by atoms with van der Waals surface area (Å²) >= 11 is 0.887. The summed E-state index contributed by atoms with van der Waals surface area (Å²) in [7, 11) is 0. The zero-order chi connectivity index (χ0) is 14.5. The van der Waals surface area contributed by atoms with Crippen LogP contribution in [-0.2, 0) is 4.79 Å². The van der Waals surface area contributed by atoms with Crippen molar-refractivity contribution in [3.8, 4) is 5.75 Å². The Labute approximate surface area is 121 Å². The number of benzene rings is 1. The Morgan fingerprint density at radius 2 is 2.00 bits per heavy atom. The molecule has 2 amide bonds. The topological polar surface area (TPSA) is 66.8 Å². The lowest BCUT2D eigenvalue weighted by atomic mass is 10.2. The first-order valence-corrected chi connectivity index (χ1v) is 7.06. The molecule has 1 aromatic carbocycles. The monoisotopic (exact) mass is 293 g/mol. The summed E-state index contributed by atoms with van der Waals surface area (Å²) in [5.41, 5.74) is 0.822. The van der Waals surface area contributed by atoms with Crippen molar-refractivity contribution in [3.05, 3.63) is 34.7 Å². The molecule has 0 aliphatic carbocycles. The van der Waals surface area contributed by atoms with Crippen LogP contribution in [0.15, 0.2) is 29.2 Å². The van der Waals surface area contributed by atoms with Crippen LogP contribution < -0.4 is 4.74 Å². The van der Waals surface area contributed by atoms with Gasteiger partial charge in [-0.15, -0.1) is 0 Å². The van der Waals surface area contributed by atoms with Crippen LogP contribution in [-0.4, -0.2) is 40.9 Å². The lowest BCUT2D eigenvalue weighted by molar-refractivity contribution is -0.123. The predicted molar refractivity (Wildman–Crippen MR) is 77.4 cm³/mol. The maximum absolute atomic E-state index is 12.0. The molecule has 20 heavy (non-hydrogen) atoms. The molecule has 0 aromatic heterocycles. The minimum absolute atomic E-state index is 0.0330. The number of nitrogens with zero attached hydrogens (tertiary/aromatic N) is 1. The maximum atomic E-state index is 12.0. The smallest absolute Gasteiger partial charge is 0.293 e. The molecule has 1 aliphatic heterocycles. The predicted octanol–water partition coefficient (Wildman–Crippen LogP) is 2.11. The fourth-order valence-corrected chi connectivity index (χ4v) is 2.64. The normalized spacial score (nSPS) is 17.1. The van der Waals surface area contributed by atoms with E-state index < -0.39 is 0 Å². The Morgan fingerprint density at radius 1 is 1.30 bits per heavy atom. The molecule has 106 valence electrons. The van der Waals surface area contributed by atoms with E-state index in [4.69, 9.17) is 9.84 Å². The number of hydrogen-bond acceptors (Lipinski definition) is 5. The summed E-state index contributed by atoms with van der Waals surface area (Å²) in [6.07, 6.45) is 1.66. The van der Waals surface area contributed by atoms with Gasteiger partial charge in [-0.1, -0.05) is 12.1 Å². The highest BCUT2D eigenvalue weighted by molar-refractivity contribution is 8.18. The molecule has 6 heteroatoms. The van der Waals surface area contributed by atoms with Crippen LogP contribution in [0.4, 0.5) is 4.79 Å². The number of ether oxygens (including phenoxy) is 1. The molecule has 5 nitrogen and oxygen atoms in total. The van der Waals surface area contributed by atoms with Crippen molar-refractivity contribution in [2.24, 2.45) is 0 Å². The van der Waals surface area contributed by atoms with Crippen molar-refractivity contribution in [2.75, 3.05) is 19.8 Å². The molecule has 1 aromatic rings. The van der Waals surface area contributed by atoms with Crippen LogP contribution in [0.5, 0.6) is 5.75 Å². The number of imide groups is 1. The minimum atomic E-state index is -0.358. The van der Waals surface area contributed by atoms with Gasteiger partial charge in [-0.25, -0.2) is 0 Å². The summed E-state index contributed by atoms with van der Waals surface area (Å²) in [4.78, 5) is 25.0. The summed E-state index contributed by atoms with van der Waals surface area (Å²) in [6.45, 7) is 2.31. The van der Waals surface area contributed by atoms with Crippen LogP contribution in [0.3, 0.4) is 0 Å². The second-order valence-corrected chi connectivity index (χ2v) is 5.05. The highest BCUT2D eigenvalue weighted by Gasteiger charge is 2.34. The quantitative estimate of drug-likeness (QED) is 0.842. The van der Waals surface area contributed by atoms with Gasteiger partial charge in [0.05, 0.1) is 24.7 Å². The largest absolute Gasteiger partial charge is 0.494 e. The Balaban J connectivity index is 2.15. The zero-order valence-electron chi connectivity index (χ0n) is 11.0. The van der Waals surface area contributed by atoms with Crippen molar-refractivity contribution in [2.45, 2.75) is 6.92 Å². The second kappa shape index (κ2) is 6.58. The second-order valence-electron chi connectivity index (χ2n) is 4.06. The van der Waals surface area contributed by atoms with Gasteiger partial charge in [-0.3, -0.25) is 14.5 Å². The molecule has 2 rings (SSSR count). The van der Waals surface area contributed by atoms with Crippen molar-refractivity contribution >= 4 is 29.0 Å². The highest BCUT2D eigenvalue weighted by Crippen LogP contribution is 2.32. The van der Waals surface area contributed by atoms with E-state index in [1.54, 1.807) is 6.08 Å². The van der Waals surface area contributed by atoms with Gasteiger partial charge in [0, 0.05) is 0 Å². The van der Waals surface area contributed by atoms with E-state index in [1.807, 2.05) is 31.2 Å².